The fourth-order valence-corrected chi connectivity index (χ4v) is 6.80. The molecule has 0 aliphatic carbocycles. The van der Waals surface area contributed by atoms with Gasteiger partial charge in [-0.25, -0.2) is 0 Å². The van der Waals surface area contributed by atoms with Gasteiger partial charge in [-0.05, 0) is 70.4 Å². The normalized spacial score (nSPS) is 28.7. The van der Waals surface area contributed by atoms with Crippen molar-refractivity contribution in [3.63, 3.8) is 0 Å². The van der Waals surface area contributed by atoms with E-state index in [4.69, 9.17) is 18.9 Å². The van der Waals surface area contributed by atoms with E-state index >= 15 is 0 Å². The van der Waals surface area contributed by atoms with Gasteiger partial charge in [0, 0.05) is 59.0 Å². The number of nitrogens with one attached hydrogen (secondary N) is 2. The summed E-state index contributed by atoms with van der Waals surface area (Å²) < 4.78 is 23.5. The molecule has 250 valence electrons. The molecule has 12 heteroatoms. The van der Waals surface area contributed by atoms with Crippen LogP contribution in [0.25, 0.3) is 0 Å². The summed E-state index contributed by atoms with van der Waals surface area (Å²) in [6.45, 7) is 12.9. The number of amides is 2. The van der Waals surface area contributed by atoms with Crippen LogP contribution in [0.4, 0.5) is 0 Å². The van der Waals surface area contributed by atoms with E-state index in [2.05, 4.69) is 23.8 Å². The lowest BCUT2D eigenvalue weighted by molar-refractivity contribution is -0.155. The summed E-state index contributed by atoms with van der Waals surface area (Å²) >= 11 is 0. The Labute approximate surface area is 262 Å². The van der Waals surface area contributed by atoms with Gasteiger partial charge in [0.25, 0.3) is 0 Å². The summed E-state index contributed by atoms with van der Waals surface area (Å²) in [6, 6.07) is 0. The molecular weight excluding hydrogens is 568 g/mol. The van der Waals surface area contributed by atoms with Crippen molar-refractivity contribution in [3.8, 4) is 0 Å². The molecule has 0 aromatic carbocycles. The van der Waals surface area contributed by atoms with Crippen LogP contribution in [0.3, 0.4) is 0 Å². The van der Waals surface area contributed by atoms with Crippen LogP contribution >= 0.6 is 0 Å². The Morgan fingerprint density at radius 1 is 0.773 bits per heavy atom. The number of carbonyl (C=O) groups excluding carboxylic acids is 2. The average Bonchev–Trinajstić information content (AvgIpc) is 3.86. The number of carbonyl (C=O) groups is 2. The van der Waals surface area contributed by atoms with Gasteiger partial charge in [0.1, 0.15) is 6.17 Å². The van der Waals surface area contributed by atoms with E-state index < -0.39 is 35.9 Å². The van der Waals surface area contributed by atoms with E-state index in [1.54, 1.807) is 6.92 Å². The number of aliphatic hydroxyl groups is 2. The molecule has 0 aromatic heterocycles. The largest absolute Gasteiger partial charge is 0.390 e. The molecule has 4 N–H and O–H groups in total. The predicted octanol–water partition coefficient (Wildman–Crippen LogP) is 1.07. The highest BCUT2D eigenvalue weighted by Crippen LogP contribution is 2.27. The SMILES string of the molecule is C=CC(=O)N(CC1CCCO1)C(C(O)CC(NCC1CCCO1)(NCC1CCCO1)C(C)O)N(CC1CCCO1)C(=O)C=C. The van der Waals surface area contributed by atoms with Crippen molar-refractivity contribution in [1.82, 2.24) is 20.4 Å². The fourth-order valence-electron chi connectivity index (χ4n) is 6.80. The topological polar surface area (TPSA) is 142 Å². The quantitative estimate of drug-likeness (QED) is 0.130. The van der Waals surface area contributed by atoms with Crippen molar-refractivity contribution < 1.29 is 38.7 Å². The second-order valence-corrected chi connectivity index (χ2v) is 12.5. The van der Waals surface area contributed by atoms with Gasteiger partial charge in [0.15, 0.2) is 0 Å². The lowest BCUT2D eigenvalue weighted by Gasteiger charge is -2.47. The minimum atomic E-state index is -1.30. The second-order valence-electron chi connectivity index (χ2n) is 12.5. The van der Waals surface area contributed by atoms with Gasteiger partial charge >= 0.3 is 0 Å². The van der Waals surface area contributed by atoms with Gasteiger partial charge in [0.05, 0.1) is 42.3 Å². The number of hydrogen-bond donors (Lipinski definition) is 4. The van der Waals surface area contributed by atoms with E-state index in [0.29, 0.717) is 39.5 Å². The molecule has 4 heterocycles. The molecule has 2 amide bonds. The Bertz CT molecular complexity index is 865. The minimum Gasteiger partial charge on any atom is -0.390 e. The summed E-state index contributed by atoms with van der Waals surface area (Å²) in [5, 5.41) is 30.6. The molecule has 0 radical (unpaired) electrons. The van der Waals surface area contributed by atoms with Gasteiger partial charge in [-0.2, -0.15) is 0 Å². The number of hydrogen-bond acceptors (Lipinski definition) is 10. The number of rotatable bonds is 18. The molecule has 4 aliphatic heterocycles. The molecule has 6 unspecified atom stereocenters. The van der Waals surface area contributed by atoms with Crippen LogP contribution in [-0.2, 0) is 28.5 Å². The Morgan fingerprint density at radius 2 is 1.16 bits per heavy atom. The maximum Gasteiger partial charge on any atom is 0.247 e. The zero-order valence-electron chi connectivity index (χ0n) is 26.4. The Morgan fingerprint density at radius 3 is 1.48 bits per heavy atom. The molecule has 4 saturated heterocycles. The molecule has 0 bridgehead atoms. The lowest BCUT2D eigenvalue weighted by atomic mass is 9.92. The van der Waals surface area contributed by atoms with Crippen molar-refractivity contribution >= 4 is 11.8 Å². The smallest absolute Gasteiger partial charge is 0.247 e. The fraction of sp³-hybridized carbons (Fsp3) is 0.812. The zero-order valence-corrected chi connectivity index (χ0v) is 26.4. The van der Waals surface area contributed by atoms with Crippen LogP contribution in [0.2, 0.25) is 0 Å². The third kappa shape index (κ3) is 9.32. The van der Waals surface area contributed by atoms with Crippen molar-refractivity contribution in [2.45, 2.75) is 113 Å². The monoisotopic (exact) mass is 622 g/mol. The molecule has 12 nitrogen and oxygen atoms in total. The van der Waals surface area contributed by atoms with Crippen molar-refractivity contribution in [2.75, 3.05) is 52.6 Å². The summed E-state index contributed by atoms with van der Waals surface area (Å²) in [5.41, 5.74) is -1.19. The third-order valence-corrected chi connectivity index (χ3v) is 9.33. The van der Waals surface area contributed by atoms with E-state index in [1.165, 1.54) is 22.0 Å². The number of aliphatic hydroxyl groups excluding tert-OH is 2. The van der Waals surface area contributed by atoms with E-state index in [1.807, 2.05) is 0 Å². The van der Waals surface area contributed by atoms with Crippen molar-refractivity contribution in [2.24, 2.45) is 0 Å². The van der Waals surface area contributed by atoms with Gasteiger partial charge in [-0.1, -0.05) is 13.2 Å². The lowest BCUT2D eigenvalue weighted by Crippen LogP contribution is -2.69. The molecule has 0 aromatic rings. The first-order valence-electron chi connectivity index (χ1n) is 16.4. The van der Waals surface area contributed by atoms with Crippen LogP contribution in [0.15, 0.2) is 25.3 Å². The highest BCUT2D eigenvalue weighted by atomic mass is 16.5. The first-order valence-corrected chi connectivity index (χ1v) is 16.4. The molecule has 44 heavy (non-hydrogen) atoms. The van der Waals surface area contributed by atoms with Crippen LogP contribution in [-0.4, -0.2) is 133 Å². The highest BCUT2D eigenvalue weighted by Gasteiger charge is 2.45. The zero-order chi connectivity index (χ0) is 31.5. The number of nitrogens with zero attached hydrogens (tertiary/aromatic N) is 2. The van der Waals surface area contributed by atoms with Crippen LogP contribution in [0.5, 0.6) is 0 Å². The van der Waals surface area contributed by atoms with E-state index in [-0.39, 0.29) is 43.9 Å². The molecule has 4 rings (SSSR count). The van der Waals surface area contributed by atoms with E-state index in [0.717, 1.165) is 51.4 Å². The third-order valence-electron chi connectivity index (χ3n) is 9.33. The standard InChI is InChI=1S/C32H54N4O8/c1-4-29(39)35(21-26-12-8-16-43-26)31(36(30(40)5-2)22-27-13-9-17-44-27)28(38)18-32(23(3)37,33-19-24-10-6-14-41-24)34-20-25-11-7-15-42-25/h4-5,23-28,31,33-34,37-38H,1-2,6-22H2,3H3. The van der Waals surface area contributed by atoms with Gasteiger partial charge in [0.2, 0.25) is 11.8 Å². The maximum absolute atomic E-state index is 13.5. The van der Waals surface area contributed by atoms with Gasteiger partial charge in [-0.15, -0.1) is 0 Å². The Hall–Kier alpha value is -1.90. The highest BCUT2D eigenvalue weighted by molar-refractivity contribution is 5.90. The second kappa shape index (κ2) is 17.1. The van der Waals surface area contributed by atoms with Gasteiger partial charge < -0.3 is 39.0 Å². The van der Waals surface area contributed by atoms with Crippen LogP contribution in [0.1, 0.15) is 64.7 Å². The average molecular weight is 623 g/mol. The first-order chi connectivity index (χ1) is 21.3. The summed E-state index contributed by atoms with van der Waals surface area (Å²) in [7, 11) is 0. The number of ether oxygens (including phenoxy) is 4. The van der Waals surface area contributed by atoms with Crippen LogP contribution in [0, 0.1) is 0 Å². The summed E-state index contributed by atoms with van der Waals surface area (Å²) in [4.78, 5) is 30.0. The molecule has 4 fully saturated rings. The molecule has 4 aliphatic rings. The minimum absolute atomic E-state index is 0.0256. The predicted molar refractivity (Wildman–Crippen MR) is 165 cm³/mol. The Balaban J connectivity index is 1.68. The summed E-state index contributed by atoms with van der Waals surface area (Å²) in [5.74, 6) is -0.859. The molecule has 0 saturated carbocycles. The first kappa shape index (κ1) is 35.0. The van der Waals surface area contributed by atoms with Crippen molar-refractivity contribution in [3.05, 3.63) is 25.3 Å². The summed E-state index contributed by atoms with van der Waals surface area (Å²) in [6.07, 6.45) is 5.42. The van der Waals surface area contributed by atoms with Crippen LogP contribution < -0.4 is 10.6 Å². The maximum atomic E-state index is 13.5. The molecule has 0 spiro atoms. The van der Waals surface area contributed by atoms with Gasteiger partial charge in [-0.3, -0.25) is 20.2 Å². The Kier molecular flexibility index (Phi) is 13.6. The van der Waals surface area contributed by atoms with Crippen molar-refractivity contribution in [1.29, 1.82) is 0 Å². The molecule has 6 atom stereocenters. The molecular formula is C32H54N4O8. The van der Waals surface area contributed by atoms with E-state index in [9.17, 15) is 19.8 Å².